The highest BCUT2D eigenvalue weighted by molar-refractivity contribution is 6.28. The second kappa shape index (κ2) is 11.8. The van der Waals surface area contributed by atoms with Crippen LogP contribution in [0.3, 0.4) is 0 Å². The highest BCUT2D eigenvalue weighted by Gasteiger charge is 2.21. The fraction of sp³-hybridized carbons (Fsp3) is 0. The van der Waals surface area contributed by atoms with Crippen molar-refractivity contribution in [2.75, 3.05) is 0 Å². The average molecular weight is 673 g/mol. The average Bonchev–Trinajstić information content (AvgIpc) is 3.63. The third-order valence-corrected chi connectivity index (χ3v) is 11.1. The summed E-state index contributed by atoms with van der Waals surface area (Å²) in [5, 5.41) is 12.2. The number of benzene rings is 10. The van der Waals surface area contributed by atoms with Crippen LogP contribution in [-0.4, -0.2) is 0 Å². The van der Waals surface area contributed by atoms with E-state index in [0.717, 1.165) is 16.6 Å². The van der Waals surface area contributed by atoms with E-state index in [1.807, 2.05) is 0 Å². The van der Waals surface area contributed by atoms with E-state index in [1.54, 1.807) is 0 Å². The Morgan fingerprint density at radius 1 is 0.264 bits per heavy atom. The van der Waals surface area contributed by atoms with E-state index >= 15 is 0 Å². The third kappa shape index (κ3) is 4.64. The first-order valence-electron chi connectivity index (χ1n) is 18.3. The fourth-order valence-corrected chi connectivity index (χ4v) is 8.68. The Balaban J connectivity index is 1.11. The number of rotatable bonds is 4. The predicted octanol–water partition coefficient (Wildman–Crippen LogP) is 14.9. The number of hydrogen-bond acceptors (Lipinski definition) is 1. The second-order valence-electron chi connectivity index (χ2n) is 14.0. The lowest BCUT2D eigenvalue weighted by Gasteiger charge is -2.18. The van der Waals surface area contributed by atoms with Crippen LogP contribution in [-0.2, 0) is 0 Å². The molecule has 0 N–H and O–H groups in total. The molecule has 11 rings (SSSR count). The lowest BCUT2D eigenvalue weighted by molar-refractivity contribution is 0.669. The van der Waals surface area contributed by atoms with Crippen LogP contribution >= 0.6 is 0 Å². The molecule has 0 unspecified atom stereocenters. The van der Waals surface area contributed by atoms with Gasteiger partial charge < -0.3 is 4.42 Å². The van der Waals surface area contributed by atoms with Crippen molar-refractivity contribution < 1.29 is 4.42 Å². The molecule has 0 bridgehead atoms. The Bertz CT molecular complexity index is 3160. The Morgan fingerprint density at radius 3 is 1.47 bits per heavy atom. The van der Waals surface area contributed by atoms with Crippen LogP contribution in [0.4, 0.5) is 0 Å². The fourth-order valence-electron chi connectivity index (χ4n) is 8.68. The molecule has 0 saturated heterocycles. The molecule has 0 atom stereocenters. The van der Waals surface area contributed by atoms with Crippen molar-refractivity contribution in [3.63, 3.8) is 0 Å². The molecule has 0 aliphatic carbocycles. The zero-order valence-electron chi connectivity index (χ0n) is 28.9. The maximum absolute atomic E-state index is 6.54. The van der Waals surface area contributed by atoms with Crippen LogP contribution in [0.25, 0.3) is 110 Å². The van der Waals surface area contributed by atoms with Gasteiger partial charge in [-0.15, -0.1) is 0 Å². The van der Waals surface area contributed by atoms with E-state index in [4.69, 9.17) is 4.42 Å². The number of furan rings is 1. The van der Waals surface area contributed by atoms with E-state index in [2.05, 4.69) is 194 Å². The monoisotopic (exact) mass is 672 g/mol. The molecule has 0 fully saturated rings. The summed E-state index contributed by atoms with van der Waals surface area (Å²) in [6.07, 6.45) is 0. The van der Waals surface area contributed by atoms with Gasteiger partial charge in [0.1, 0.15) is 11.2 Å². The van der Waals surface area contributed by atoms with Crippen molar-refractivity contribution in [2.24, 2.45) is 0 Å². The quantitative estimate of drug-likeness (QED) is 0.170. The van der Waals surface area contributed by atoms with Crippen molar-refractivity contribution in [3.05, 3.63) is 194 Å². The van der Waals surface area contributed by atoms with Gasteiger partial charge in [-0.2, -0.15) is 0 Å². The van der Waals surface area contributed by atoms with Gasteiger partial charge in [-0.3, -0.25) is 0 Å². The summed E-state index contributed by atoms with van der Waals surface area (Å²) in [5.41, 5.74) is 11.6. The first-order chi connectivity index (χ1) is 26.3. The molecule has 11 aromatic rings. The minimum absolute atomic E-state index is 0.908. The van der Waals surface area contributed by atoms with E-state index in [9.17, 15) is 0 Å². The van der Waals surface area contributed by atoms with Crippen molar-refractivity contribution in [1.82, 2.24) is 0 Å². The molecule has 1 heteroatoms. The standard InChI is InChI=1S/C52H32O/c1-2-14-37-32-38(29-24-33(37)12-1)40-16-6-5-15-39(40)35-25-27-36(28-26-35)49-42-18-7-9-20-44(42)50(45-21-10-8-19-43(45)49)46-22-11-23-47-52(46)51-41-17-4-3-13-34(41)30-31-48(51)53-47/h1-32H. The zero-order chi connectivity index (χ0) is 34.9. The van der Waals surface area contributed by atoms with Crippen LogP contribution < -0.4 is 0 Å². The largest absolute Gasteiger partial charge is 0.456 e. The summed E-state index contributed by atoms with van der Waals surface area (Å²) >= 11 is 0. The van der Waals surface area contributed by atoms with Crippen LogP contribution in [0.5, 0.6) is 0 Å². The van der Waals surface area contributed by atoms with Gasteiger partial charge in [0, 0.05) is 10.8 Å². The van der Waals surface area contributed by atoms with Gasteiger partial charge in [0.05, 0.1) is 0 Å². The predicted molar refractivity (Wildman–Crippen MR) is 225 cm³/mol. The molecule has 0 aliphatic heterocycles. The second-order valence-corrected chi connectivity index (χ2v) is 14.0. The number of fused-ring (bicyclic) bond motifs is 8. The van der Waals surface area contributed by atoms with Gasteiger partial charge in [0.2, 0.25) is 0 Å². The minimum atomic E-state index is 0.908. The highest BCUT2D eigenvalue weighted by Crippen LogP contribution is 2.48. The normalized spacial score (nSPS) is 11.8. The summed E-state index contributed by atoms with van der Waals surface area (Å²) in [6, 6.07) is 70.5. The molecule has 1 nitrogen and oxygen atoms in total. The summed E-state index contributed by atoms with van der Waals surface area (Å²) < 4.78 is 6.54. The molecule has 0 saturated carbocycles. The van der Waals surface area contributed by atoms with Crippen LogP contribution in [0.15, 0.2) is 199 Å². The summed E-state index contributed by atoms with van der Waals surface area (Å²) in [7, 11) is 0. The molecule has 10 aromatic carbocycles. The lowest BCUT2D eigenvalue weighted by atomic mass is 9.84. The Hall–Kier alpha value is -6.96. The van der Waals surface area contributed by atoms with Crippen molar-refractivity contribution in [1.29, 1.82) is 0 Å². The third-order valence-electron chi connectivity index (χ3n) is 11.1. The highest BCUT2D eigenvalue weighted by atomic mass is 16.3. The van der Waals surface area contributed by atoms with E-state index in [0.29, 0.717) is 0 Å². The first kappa shape index (κ1) is 29.7. The van der Waals surface area contributed by atoms with E-state index in [1.165, 1.54) is 93.0 Å². The topological polar surface area (TPSA) is 13.1 Å². The molecule has 53 heavy (non-hydrogen) atoms. The molecule has 0 radical (unpaired) electrons. The molecule has 246 valence electrons. The van der Waals surface area contributed by atoms with Crippen LogP contribution in [0.1, 0.15) is 0 Å². The number of hydrogen-bond donors (Lipinski definition) is 0. The van der Waals surface area contributed by atoms with Crippen molar-refractivity contribution in [3.8, 4) is 44.5 Å². The lowest BCUT2D eigenvalue weighted by Crippen LogP contribution is -1.91. The maximum atomic E-state index is 6.54. The summed E-state index contributed by atoms with van der Waals surface area (Å²) in [4.78, 5) is 0. The Kier molecular flexibility index (Phi) is 6.62. The first-order valence-corrected chi connectivity index (χ1v) is 18.3. The SMILES string of the molecule is c1ccc(-c2ccc3ccccc3c2)c(-c2ccc(-c3c4ccccc4c(-c4cccc5oc6ccc7ccccc7c6c45)c4ccccc34)cc2)c1. The van der Waals surface area contributed by atoms with Gasteiger partial charge >= 0.3 is 0 Å². The van der Waals surface area contributed by atoms with Crippen LogP contribution in [0, 0.1) is 0 Å². The Morgan fingerprint density at radius 2 is 0.755 bits per heavy atom. The minimum Gasteiger partial charge on any atom is -0.456 e. The molecule has 0 spiro atoms. The van der Waals surface area contributed by atoms with Gasteiger partial charge in [0.25, 0.3) is 0 Å². The summed E-state index contributed by atoms with van der Waals surface area (Å²) in [6.45, 7) is 0. The van der Waals surface area contributed by atoms with Gasteiger partial charge in [-0.25, -0.2) is 0 Å². The van der Waals surface area contributed by atoms with Crippen molar-refractivity contribution in [2.45, 2.75) is 0 Å². The molecule has 0 amide bonds. The molecule has 1 aromatic heterocycles. The van der Waals surface area contributed by atoms with Gasteiger partial charge in [-0.05, 0) is 106 Å². The van der Waals surface area contributed by atoms with Crippen LogP contribution in [0.2, 0.25) is 0 Å². The smallest absolute Gasteiger partial charge is 0.136 e. The van der Waals surface area contributed by atoms with E-state index in [-0.39, 0.29) is 0 Å². The van der Waals surface area contributed by atoms with Gasteiger partial charge in [-0.1, -0.05) is 176 Å². The molecule has 0 aliphatic rings. The Labute approximate surface area is 307 Å². The summed E-state index contributed by atoms with van der Waals surface area (Å²) in [5.74, 6) is 0. The molecular weight excluding hydrogens is 641 g/mol. The molecule has 1 heterocycles. The van der Waals surface area contributed by atoms with Gasteiger partial charge in [0.15, 0.2) is 0 Å². The zero-order valence-corrected chi connectivity index (χ0v) is 28.9. The van der Waals surface area contributed by atoms with Crippen molar-refractivity contribution >= 4 is 65.0 Å². The molecular formula is C52H32O. The van der Waals surface area contributed by atoms with E-state index < -0.39 is 0 Å². The maximum Gasteiger partial charge on any atom is 0.136 e.